The molecule has 0 aromatic heterocycles. The number of hydrogen-bond donors (Lipinski definition) is 2. The van der Waals surface area contributed by atoms with E-state index in [1.807, 2.05) is 0 Å². The number of aliphatic hydroxyl groups is 1. The Labute approximate surface area is 92.8 Å². The Kier molecular flexibility index (Phi) is 8.00. The first-order valence-electron chi connectivity index (χ1n) is 5.57. The van der Waals surface area contributed by atoms with E-state index >= 15 is 0 Å². The van der Waals surface area contributed by atoms with Gasteiger partial charge in [0.05, 0.1) is 11.0 Å². The topological polar surface area (TPSA) is 80.4 Å². The SMILES string of the molecule is CC(CCN)S(=O)(=O)CCCCCCO. The average Bonchev–Trinajstić information content (AvgIpc) is 2.18. The summed E-state index contributed by atoms with van der Waals surface area (Å²) in [5.41, 5.74) is 5.33. The van der Waals surface area contributed by atoms with Crippen LogP contribution in [0.2, 0.25) is 0 Å². The minimum absolute atomic E-state index is 0.191. The fraction of sp³-hybridized carbons (Fsp3) is 1.00. The number of rotatable bonds is 9. The van der Waals surface area contributed by atoms with E-state index in [9.17, 15) is 8.42 Å². The van der Waals surface area contributed by atoms with Crippen LogP contribution in [-0.2, 0) is 9.84 Å². The summed E-state index contributed by atoms with van der Waals surface area (Å²) < 4.78 is 23.3. The van der Waals surface area contributed by atoms with Crippen molar-refractivity contribution >= 4 is 9.84 Å². The molecule has 0 aliphatic heterocycles. The molecule has 0 fully saturated rings. The lowest BCUT2D eigenvalue weighted by molar-refractivity contribution is 0.283. The molecule has 0 aliphatic rings. The van der Waals surface area contributed by atoms with Gasteiger partial charge in [-0.1, -0.05) is 12.8 Å². The Morgan fingerprint density at radius 1 is 1.20 bits per heavy atom. The van der Waals surface area contributed by atoms with E-state index in [-0.39, 0.29) is 17.6 Å². The van der Waals surface area contributed by atoms with Gasteiger partial charge < -0.3 is 10.8 Å². The van der Waals surface area contributed by atoms with E-state index in [1.165, 1.54) is 0 Å². The largest absolute Gasteiger partial charge is 0.396 e. The molecule has 0 radical (unpaired) electrons. The predicted octanol–water partition coefficient (Wildman–Crippen LogP) is 0.691. The Balaban J connectivity index is 3.74. The highest BCUT2D eigenvalue weighted by Gasteiger charge is 2.18. The van der Waals surface area contributed by atoms with Gasteiger partial charge in [0.2, 0.25) is 0 Å². The molecule has 0 aromatic carbocycles. The maximum absolute atomic E-state index is 11.6. The molecule has 5 heteroatoms. The molecule has 0 aliphatic carbocycles. The zero-order valence-electron chi connectivity index (χ0n) is 9.48. The molecule has 1 unspecified atom stereocenters. The highest BCUT2D eigenvalue weighted by Crippen LogP contribution is 2.09. The molecule has 3 N–H and O–H groups in total. The minimum Gasteiger partial charge on any atom is -0.396 e. The number of nitrogens with two attached hydrogens (primary N) is 1. The number of aliphatic hydroxyl groups excluding tert-OH is 1. The van der Waals surface area contributed by atoms with Crippen LogP contribution in [0.3, 0.4) is 0 Å². The number of sulfone groups is 1. The predicted molar refractivity (Wildman–Crippen MR) is 62.5 cm³/mol. The van der Waals surface area contributed by atoms with Crippen molar-refractivity contribution in [3.05, 3.63) is 0 Å². The molecular weight excluding hydrogens is 214 g/mol. The first kappa shape index (κ1) is 14.9. The van der Waals surface area contributed by atoms with E-state index in [0.717, 1.165) is 19.3 Å². The van der Waals surface area contributed by atoms with Gasteiger partial charge in [-0.05, 0) is 32.7 Å². The lowest BCUT2D eigenvalue weighted by atomic mass is 10.2. The van der Waals surface area contributed by atoms with Crippen molar-refractivity contribution in [1.82, 2.24) is 0 Å². The van der Waals surface area contributed by atoms with E-state index < -0.39 is 9.84 Å². The molecule has 0 rings (SSSR count). The Bertz CT molecular complexity index is 239. The van der Waals surface area contributed by atoms with Crippen LogP contribution in [0.5, 0.6) is 0 Å². The third-order valence-corrected chi connectivity index (χ3v) is 4.84. The van der Waals surface area contributed by atoms with Gasteiger partial charge in [-0.2, -0.15) is 0 Å². The van der Waals surface area contributed by atoms with Crippen LogP contribution in [0, 0.1) is 0 Å². The summed E-state index contributed by atoms with van der Waals surface area (Å²) in [7, 11) is -2.95. The van der Waals surface area contributed by atoms with E-state index in [4.69, 9.17) is 10.8 Å². The molecule has 0 spiro atoms. The summed E-state index contributed by atoms with van der Waals surface area (Å²) in [6.45, 7) is 2.33. The van der Waals surface area contributed by atoms with Crippen molar-refractivity contribution < 1.29 is 13.5 Å². The second-order valence-electron chi connectivity index (χ2n) is 3.89. The van der Waals surface area contributed by atoms with Crippen molar-refractivity contribution in [2.45, 2.75) is 44.3 Å². The van der Waals surface area contributed by atoms with Gasteiger partial charge in [-0.15, -0.1) is 0 Å². The lowest BCUT2D eigenvalue weighted by Crippen LogP contribution is -2.23. The zero-order valence-corrected chi connectivity index (χ0v) is 10.3. The van der Waals surface area contributed by atoms with Gasteiger partial charge in [0.25, 0.3) is 0 Å². The maximum atomic E-state index is 11.6. The molecule has 15 heavy (non-hydrogen) atoms. The van der Waals surface area contributed by atoms with Crippen molar-refractivity contribution in [2.24, 2.45) is 5.73 Å². The molecule has 0 bridgehead atoms. The molecule has 0 saturated carbocycles. The molecule has 0 amide bonds. The van der Waals surface area contributed by atoms with Crippen molar-refractivity contribution in [2.75, 3.05) is 18.9 Å². The summed E-state index contributed by atoms with van der Waals surface area (Å²) >= 11 is 0. The standard InChI is InChI=1S/C10H23NO3S/c1-10(6-7-11)15(13,14)9-5-3-2-4-8-12/h10,12H,2-9,11H2,1H3. The summed E-state index contributed by atoms with van der Waals surface area (Å²) in [4.78, 5) is 0. The Morgan fingerprint density at radius 3 is 2.33 bits per heavy atom. The Morgan fingerprint density at radius 2 is 1.80 bits per heavy atom. The van der Waals surface area contributed by atoms with Gasteiger partial charge in [-0.25, -0.2) is 8.42 Å². The first-order valence-corrected chi connectivity index (χ1v) is 7.28. The van der Waals surface area contributed by atoms with Crippen LogP contribution in [0.25, 0.3) is 0 Å². The van der Waals surface area contributed by atoms with Crippen molar-refractivity contribution in [3.63, 3.8) is 0 Å². The maximum Gasteiger partial charge on any atom is 0.152 e. The summed E-state index contributed by atoms with van der Waals surface area (Å²) in [5, 5.41) is 8.23. The van der Waals surface area contributed by atoms with E-state index in [2.05, 4.69) is 0 Å². The van der Waals surface area contributed by atoms with E-state index in [0.29, 0.717) is 19.4 Å². The van der Waals surface area contributed by atoms with E-state index in [1.54, 1.807) is 6.92 Å². The summed E-state index contributed by atoms with van der Waals surface area (Å²) in [6.07, 6.45) is 3.76. The zero-order chi connectivity index (χ0) is 11.7. The highest BCUT2D eigenvalue weighted by atomic mass is 32.2. The van der Waals surface area contributed by atoms with Crippen molar-refractivity contribution in [1.29, 1.82) is 0 Å². The quantitative estimate of drug-likeness (QED) is 0.578. The average molecular weight is 237 g/mol. The molecule has 0 aromatic rings. The lowest BCUT2D eigenvalue weighted by Gasteiger charge is -2.11. The highest BCUT2D eigenvalue weighted by molar-refractivity contribution is 7.91. The van der Waals surface area contributed by atoms with Gasteiger partial charge >= 0.3 is 0 Å². The molecular formula is C10H23NO3S. The fourth-order valence-electron chi connectivity index (χ4n) is 1.38. The summed E-state index contributed by atoms with van der Waals surface area (Å²) in [6, 6.07) is 0. The third kappa shape index (κ3) is 6.87. The van der Waals surface area contributed by atoms with Crippen LogP contribution in [0.15, 0.2) is 0 Å². The second-order valence-corrected chi connectivity index (χ2v) is 6.43. The molecule has 92 valence electrons. The van der Waals surface area contributed by atoms with Gasteiger partial charge in [0.15, 0.2) is 9.84 Å². The number of unbranched alkanes of at least 4 members (excludes halogenated alkanes) is 3. The molecule has 0 heterocycles. The van der Waals surface area contributed by atoms with Crippen LogP contribution >= 0.6 is 0 Å². The second kappa shape index (κ2) is 8.07. The normalized spacial score (nSPS) is 14.1. The van der Waals surface area contributed by atoms with Gasteiger partial charge in [0.1, 0.15) is 0 Å². The monoisotopic (exact) mass is 237 g/mol. The smallest absolute Gasteiger partial charge is 0.152 e. The molecule has 1 atom stereocenters. The third-order valence-electron chi connectivity index (χ3n) is 2.52. The Hall–Kier alpha value is -0.130. The minimum atomic E-state index is -2.95. The van der Waals surface area contributed by atoms with Gasteiger partial charge in [-0.3, -0.25) is 0 Å². The van der Waals surface area contributed by atoms with Crippen LogP contribution in [0.4, 0.5) is 0 Å². The number of hydrogen-bond acceptors (Lipinski definition) is 4. The molecule has 0 saturated heterocycles. The van der Waals surface area contributed by atoms with Crippen LogP contribution in [0.1, 0.15) is 39.0 Å². The fourth-order valence-corrected chi connectivity index (χ4v) is 2.89. The van der Waals surface area contributed by atoms with Gasteiger partial charge in [0, 0.05) is 6.61 Å². The van der Waals surface area contributed by atoms with Crippen molar-refractivity contribution in [3.8, 4) is 0 Å². The molecule has 4 nitrogen and oxygen atoms in total. The van der Waals surface area contributed by atoms with Crippen LogP contribution in [-0.4, -0.2) is 37.7 Å². The first-order chi connectivity index (χ1) is 7.04. The van der Waals surface area contributed by atoms with Crippen LogP contribution < -0.4 is 5.73 Å². The summed E-state index contributed by atoms with van der Waals surface area (Å²) in [5.74, 6) is 0.250.